The van der Waals surface area contributed by atoms with Crippen molar-refractivity contribution in [1.82, 2.24) is 10.3 Å². The highest BCUT2D eigenvalue weighted by Gasteiger charge is 2.16. The zero-order valence-electron chi connectivity index (χ0n) is 10.2. The molecule has 0 aliphatic carbocycles. The third kappa shape index (κ3) is 3.92. The van der Waals surface area contributed by atoms with Crippen molar-refractivity contribution >= 4 is 11.3 Å². The summed E-state index contributed by atoms with van der Waals surface area (Å²) in [5.74, 6) is 0.726. The number of hydrogen-bond acceptors (Lipinski definition) is 3. The third-order valence-corrected chi connectivity index (χ3v) is 3.85. The second-order valence-electron chi connectivity index (χ2n) is 4.25. The summed E-state index contributed by atoms with van der Waals surface area (Å²) in [4.78, 5) is 4.52. The van der Waals surface area contributed by atoms with E-state index in [4.69, 9.17) is 0 Å². The first-order valence-electron chi connectivity index (χ1n) is 5.75. The van der Waals surface area contributed by atoms with E-state index < -0.39 is 0 Å². The van der Waals surface area contributed by atoms with Gasteiger partial charge in [0.05, 0.1) is 5.01 Å². The van der Waals surface area contributed by atoms with Gasteiger partial charge in [-0.15, -0.1) is 11.3 Å². The third-order valence-electron chi connectivity index (χ3n) is 2.86. The van der Waals surface area contributed by atoms with Crippen molar-refractivity contribution in [3.8, 4) is 0 Å². The molecular formula is C12H22N2S. The zero-order valence-corrected chi connectivity index (χ0v) is 11.0. The summed E-state index contributed by atoms with van der Waals surface area (Å²) >= 11 is 1.78. The van der Waals surface area contributed by atoms with Crippen LogP contribution in [0.2, 0.25) is 0 Å². The Hall–Kier alpha value is -0.410. The maximum Gasteiger partial charge on any atom is 0.0943 e. The van der Waals surface area contributed by atoms with Crippen LogP contribution in [-0.4, -0.2) is 18.1 Å². The highest BCUT2D eigenvalue weighted by molar-refractivity contribution is 7.09. The van der Waals surface area contributed by atoms with Gasteiger partial charge in [0.2, 0.25) is 0 Å². The Morgan fingerprint density at radius 1 is 1.53 bits per heavy atom. The van der Waals surface area contributed by atoms with Crippen LogP contribution in [0.5, 0.6) is 0 Å². The molecule has 1 heterocycles. The summed E-state index contributed by atoms with van der Waals surface area (Å²) in [6, 6.07) is 0.565. The Bertz CT molecular complexity index is 283. The Kier molecular flexibility index (Phi) is 5.26. The summed E-state index contributed by atoms with van der Waals surface area (Å²) in [5, 5.41) is 6.80. The van der Waals surface area contributed by atoms with Crippen molar-refractivity contribution in [2.24, 2.45) is 5.92 Å². The van der Waals surface area contributed by atoms with E-state index in [1.807, 2.05) is 0 Å². The topological polar surface area (TPSA) is 24.9 Å². The molecule has 15 heavy (non-hydrogen) atoms. The molecule has 2 atom stereocenters. The molecule has 1 rings (SSSR count). The van der Waals surface area contributed by atoms with Crippen LogP contribution in [0.4, 0.5) is 0 Å². The van der Waals surface area contributed by atoms with Crippen molar-refractivity contribution < 1.29 is 0 Å². The van der Waals surface area contributed by atoms with Gasteiger partial charge >= 0.3 is 0 Å². The smallest absolute Gasteiger partial charge is 0.0943 e. The molecule has 0 aliphatic heterocycles. The van der Waals surface area contributed by atoms with E-state index in [-0.39, 0.29) is 0 Å². The Balaban J connectivity index is 2.53. The van der Waals surface area contributed by atoms with Crippen molar-refractivity contribution in [2.45, 2.75) is 46.1 Å². The lowest BCUT2D eigenvalue weighted by atomic mass is 9.95. The molecular weight excluding hydrogens is 204 g/mol. The summed E-state index contributed by atoms with van der Waals surface area (Å²) in [5.41, 5.74) is 1.15. The molecule has 0 saturated heterocycles. The van der Waals surface area contributed by atoms with Crippen LogP contribution < -0.4 is 5.32 Å². The average molecular weight is 226 g/mol. The molecule has 0 spiro atoms. The van der Waals surface area contributed by atoms with Gasteiger partial charge in [-0.25, -0.2) is 4.98 Å². The summed E-state index contributed by atoms with van der Waals surface area (Å²) in [6.45, 7) is 6.63. The van der Waals surface area contributed by atoms with E-state index in [0.29, 0.717) is 6.04 Å². The lowest BCUT2D eigenvalue weighted by molar-refractivity contribution is 0.371. The standard InChI is InChI=1S/C12H22N2S/c1-5-6-9(2)11(13-4)7-12-14-10(3)8-15-12/h8-9,11,13H,5-7H2,1-4H3. The van der Waals surface area contributed by atoms with Gasteiger partial charge in [-0.2, -0.15) is 0 Å². The molecule has 86 valence electrons. The molecule has 2 unspecified atom stereocenters. The van der Waals surface area contributed by atoms with Gasteiger partial charge in [0.25, 0.3) is 0 Å². The van der Waals surface area contributed by atoms with Crippen molar-refractivity contribution in [1.29, 1.82) is 0 Å². The first kappa shape index (κ1) is 12.7. The molecule has 1 aromatic heterocycles. The number of likely N-dealkylation sites (N-methyl/N-ethyl adjacent to an activating group) is 1. The van der Waals surface area contributed by atoms with Crippen molar-refractivity contribution in [2.75, 3.05) is 7.05 Å². The summed E-state index contributed by atoms with van der Waals surface area (Å²) in [6.07, 6.45) is 3.61. The predicted octanol–water partition coefficient (Wildman–Crippen LogP) is 3.02. The number of hydrogen-bond donors (Lipinski definition) is 1. The highest BCUT2D eigenvalue weighted by Crippen LogP contribution is 2.17. The first-order valence-corrected chi connectivity index (χ1v) is 6.63. The Morgan fingerprint density at radius 3 is 2.73 bits per heavy atom. The number of aromatic nitrogens is 1. The molecule has 0 radical (unpaired) electrons. The zero-order chi connectivity index (χ0) is 11.3. The van der Waals surface area contributed by atoms with Gasteiger partial charge in [-0.3, -0.25) is 0 Å². The van der Waals surface area contributed by atoms with Crippen LogP contribution in [0.25, 0.3) is 0 Å². The fraction of sp³-hybridized carbons (Fsp3) is 0.750. The summed E-state index contributed by atoms with van der Waals surface area (Å²) < 4.78 is 0. The van der Waals surface area contributed by atoms with Crippen LogP contribution in [0.3, 0.4) is 0 Å². The molecule has 1 aromatic rings. The van der Waals surface area contributed by atoms with E-state index in [1.165, 1.54) is 17.8 Å². The maximum absolute atomic E-state index is 4.52. The fourth-order valence-corrected chi connectivity index (χ4v) is 2.76. The second kappa shape index (κ2) is 6.23. The summed E-state index contributed by atoms with van der Waals surface area (Å²) in [7, 11) is 2.05. The lowest BCUT2D eigenvalue weighted by Gasteiger charge is -2.22. The molecule has 0 saturated carbocycles. The molecule has 0 amide bonds. The average Bonchev–Trinajstić information content (AvgIpc) is 2.61. The van der Waals surface area contributed by atoms with E-state index >= 15 is 0 Å². The van der Waals surface area contributed by atoms with Crippen LogP contribution in [0.1, 0.15) is 37.4 Å². The second-order valence-corrected chi connectivity index (χ2v) is 5.19. The monoisotopic (exact) mass is 226 g/mol. The van der Waals surface area contributed by atoms with Gasteiger partial charge in [-0.1, -0.05) is 20.3 Å². The van der Waals surface area contributed by atoms with E-state index in [2.05, 4.69) is 43.5 Å². The molecule has 0 fully saturated rings. The molecule has 1 N–H and O–H groups in total. The number of nitrogens with one attached hydrogen (secondary N) is 1. The number of thiazole rings is 1. The minimum Gasteiger partial charge on any atom is -0.316 e. The highest BCUT2D eigenvalue weighted by atomic mass is 32.1. The Labute approximate surface area is 97.1 Å². The van der Waals surface area contributed by atoms with Crippen LogP contribution in [0, 0.1) is 12.8 Å². The molecule has 3 heteroatoms. The SMILES string of the molecule is CCCC(C)C(Cc1nc(C)cs1)NC. The maximum atomic E-state index is 4.52. The molecule has 0 bridgehead atoms. The normalized spacial score (nSPS) is 15.2. The van der Waals surface area contributed by atoms with Gasteiger partial charge in [0.15, 0.2) is 0 Å². The fourth-order valence-electron chi connectivity index (χ4n) is 1.93. The Morgan fingerprint density at radius 2 is 2.27 bits per heavy atom. The van der Waals surface area contributed by atoms with E-state index in [9.17, 15) is 0 Å². The minimum absolute atomic E-state index is 0.565. The minimum atomic E-state index is 0.565. The van der Waals surface area contributed by atoms with Crippen LogP contribution in [0.15, 0.2) is 5.38 Å². The largest absolute Gasteiger partial charge is 0.316 e. The van der Waals surface area contributed by atoms with Gasteiger partial charge < -0.3 is 5.32 Å². The van der Waals surface area contributed by atoms with E-state index in [1.54, 1.807) is 11.3 Å². The van der Waals surface area contributed by atoms with Gasteiger partial charge in [-0.05, 0) is 26.3 Å². The van der Waals surface area contributed by atoms with Crippen LogP contribution >= 0.6 is 11.3 Å². The number of aryl methyl sites for hydroxylation is 1. The lowest BCUT2D eigenvalue weighted by Crippen LogP contribution is -2.34. The van der Waals surface area contributed by atoms with Crippen molar-refractivity contribution in [3.05, 3.63) is 16.1 Å². The van der Waals surface area contributed by atoms with Gasteiger partial charge in [0.1, 0.15) is 0 Å². The molecule has 0 aliphatic rings. The van der Waals surface area contributed by atoms with Crippen LogP contribution in [-0.2, 0) is 6.42 Å². The molecule has 0 aromatic carbocycles. The predicted molar refractivity (Wildman–Crippen MR) is 67.5 cm³/mol. The van der Waals surface area contributed by atoms with Crippen molar-refractivity contribution in [3.63, 3.8) is 0 Å². The number of nitrogens with zero attached hydrogens (tertiary/aromatic N) is 1. The molecule has 2 nitrogen and oxygen atoms in total. The quantitative estimate of drug-likeness (QED) is 0.806. The van der Waals surface area contributed by atoms with Gasteiger partial charge in [0, 0.05) is 23.5 Å². The first-order chi connectivity index (χ1) is 7.17. The number of rotatable bonds is 6. The van der Waals surface area contributed by atoms with E-state index in [0.717, 1.165) is 18.0 Å².